The lowest BCUT2D eigenvalue weighted by Gasteiger charge is -2.55. The van der Waals surface area contributed by atoms with Crippen LogP contribution in [0.4, 0.5) is 0 Å². The summed E-state index contributed by atoms with van der Waals surface area (Å²) in [5.41, 5.74) is 7.03. The van der Waals surface area contributed by atoms with Gasteiger partial charge in [-0.3, -0.25) is 9.13 Å². The van der Waals surface area contributed by atoms with Crippen LogP contribution >= 0.6 is 11.6 Å². The van der Waals surface area contributed by atoms with Gasteiger partial charge in [-0.25, -0.2) is 0 Å². The highest BCUT2D eigenvalue weighted by atomic mass is 35.5. The molecule has 200 valence electrons. The Morgan fingerprint density at radius 2 is 1.30 bits per heavy atom. The first-order valence-corrected chi connectivity index (χ1v) is 14.5. The third-order valence-corrected chi connectivity index (χ3v) is 9.19. The van der Waals surface area contributed by atoms with E-state index in [1.54, 1.807) is 0 Å². The predicted octanol–water partition coefficient (Wildman–Crippen LogP) is 1.46. The van der Waals surface area contributed by atoms with Gasteiger partial charge in [-0.15, -0.1) is 16.5 Å². The Kier molecular flexibility index (Phi) is 6.06. The first-order chi connectivity index (χ1) is 19.6. The summed E-state index contributed by atoms with van der Waals surface area (Å²) in [5, 5.41) is 0.724. The van der Waals surface area contributed by atoms with Crippen molar-refractivity contribution in [3.05, 3.63) is 120 Å². The Labute approximate surface area is 240 Å². The third-order valence-electron chi connectivity index (χ3n) is 8.94. The number of hydrogen-bond acceptors (Lipinski definition) is 2. The van der Waals surface area contributed by atoms with E-state index in [9.17, 15) is 0 Å². The fourth-order valence-corrected chi connectivity index (χ4v) is 7.47. The average Bonchev–Trinajstić information content (AvgIpc) is 3.79. The minimum atomic E-state index is -1.68. The second-order valence-electron chi connectivity index (χ2n) is 11.1. The van der Waals surface area contributed by atoms with Crippen LogP contribution < -0.4 is 31.3 Å². The van der Waals surface area contributed by atoms with E-state index in [0.717, 1.165) is 29.4 Å². The second-order valence-corrected chi connectivity index (χ2v) is 11.5. The van der Waals surface area contributed by atoms with E-state index in [-0.39, 0.29) is 0 Å². The van der Waals surface area contributed by atoms with Gasteiger partial charge in [0.2, 0.25) is 0 Å². The number of aryl methyl sites for hydroxylation is 2. The topological polar surface area (TPSA) is 39.2 Å². The number of imidazole rings is 2. The van der Waals surface area contributed by atoms with Gasteiger partial charge in [0.25, 0.3) is 0 Å². The molecule has 9 rings (SSSR count). The summed E-state index contributed by atoms with van der Waals surface area (Å²) in [4.78, 5) is 5.80. The fraction of sp³-hybridized carbons (Fsp3) is 0.194. The van der Waals surface area contributed by atoms with Gasteiger partial charge in [-0.2, -0.15) is 0 Å². The SMILES string of the molecule is C1CCOC1.Cn1cc[n+]2c1[B@-]1(c3ccccc3)C(c3ccc(Cl)cc3)=N[B@@-]2(c2ccccc2)c2n(C)cc[n+]21. The summed E-state index contributed by atoms with van der Waals surface area (Å²) in [7, 11) is 4.28. The number of benzene rings is 3. The first-order valence-electron chi connectivity index (χ1n) is 14.1. The quantitative estimate of drug-likeness (QED) is 0.316. The van der Waals surface area contributed by atoms with Crippen molar-refractivity contribution in [2.75, 3.05) is 13.2 Å². The average molecular weight is 548 g/mol. The monoisotopic (exact) mass is 547 g/mol. The Morgan fingerprint density at radius 3 is 1.90 bits per heavy atom. The second kappa shape index (κ2) is 9.65. The lowest BCUT2D eigenvalue weighted by atomic mass is 9.19. The van der Waals surface area contributed by atoms with Gasteiger partial charge in [0.1, 0.15) is 18.1 Å². The van der Waals surface area contributed by atoms with Crippen LogP contribution in [0.5, 0.6) is 0 Å². The van der Waals surface area contributed by atoms with Gasteiger partial charge in [0.15, 0.2) is 0 Å². The highest BCUT2D eigenvalue weighted by molar-refractivity contribution is 7.22. The largest absolute Gasteiger partial charge is 0.473 e. The van der Waals surface area contributed by atoms with E-state index in [0.29, 0.717) is 0 Å². The Hall–Kier alpha value is -3.87. The van der Waals surface area contributed by atoms with E-state index in [1.165, 1.54) is 35.2 Å². The zero-order valence-corrected chi connectivity index (χ0v) is 23.7. The van der Waals surface area contributed by atoms with Crippen LogP contribution in [0.2, 0.25) is 5.02 Å². The fourth-order valence-electron chi connectivity index (χ4n) is 7.34. The predicted molar refractivity (Wildman–Crippen MR) is 163 cm³/mol. The maximum atomic E-state index is 6.33. The highest BCUT2D eigenvalue weighted by Crippen LogP contribution is 2.23. The molecule has 5 aromatic rings. The molecule has 0 saturated carbocycles. The molecule has 0 amide bonds. The lowest BCUT2D eigenvalue weighted by Crippen LogP contribution is -3.07. The molecular formula is C31H32B2ClN5O. The third kappa shape index (κ3) is 3.45. The van der Waals surface area contributed by atoms with Crippen molar-refractivity contribution in [1.29, 1.82) is 0 Å². The van der Waals surface area contributed by atoms with Gasteiger partial charge < -0.3 is 18.6 Å². The summed E-state index contributed by atoms with van der Waals surface area (Å²) < 4.78 is 14.4. The van der Waals surface area contributed by atoms with Crippen LogP contribution in [0.3, 0.4) is 0 Å². The standard InChI is InChI=1S/C27H24B2ClN5.C4H8O/c1-32-18-20-35-26(32)28(22-9-5-3-6-10-22)25(21-13-15-24(30)16-14-21)31-29(35,23-11-7-4-8-12-23)27-33(2)17-19-34(27)28;1-2-4-5-3-1/h3-20H,1-2H3;1-4H2/t28-,29+;/m0./s1. The van der Waals surface area contributed by atoms with Gasteiger partial charge in [-0.05, 0) is 30.5 Å². The molecule has 1 fully saturated rings. The summed E-state index contributed by atoms with van der Waals surface area (Å²) in [6, 6.07) is 29.7. The maximum absolute atomic E-state index is 6.33. The summed E-state index contributed by atoms with van der Waals surface area (Å²) in [5.74, 6) is 0. The van der Waals surface area contributed by atoms with Crippen molar-refractivity contribution in [2.24, 2.45) is 19.0 Å². The van der Waals surface area contributed by atoms with Crippen molar-refractivity contribution in [2.45, 2.75) is 12.8 Å². The van der Waals surface area contributed by atoms with E-state index < -0.39 is 12.7 Å². The van der Waals surface area contributed by atoms with Crippen molar-refractivity contribution in [3.63, 3.8) is 0 Å². The van der Waals surface area contributed by atoms with Crippen molar-refractivity contribution in [1.82, 2.24) is 9.13 Å². The van der Waals surface area contributed by atoms with Crippen LogP contribution in [-0.2, 0) is 18.8 Å². The molecule has 2 aromatic heterocycles. The molecule has 0 unspecified atom stereocenters. The molecule has 2 atom stereocenters. The molecular weight excluding hydrogens is 515 g/mol. The molecule has 0 spiro atoms. The van der Waals surface area contributed by atoms with Crippen molar-refractivity contribution >= 4 is 52.3 Å². The van der Waals surface area contributed by atoms with E-state index in [2.05, 4.69) is 130 Å². The molecule has 4 aliphatic rings. The van der Waals surface area contributed by atoms with Crippen molar-refractivity contribution < 1.29 is 13.7 Å². The van der Waals surface area contributed by atoms with Gasteiger partial charge in [0.05, 0.1) is 32.2 Å². The molecule has 0 radical (unpaired) electrons. The molecule has 0 N–H and O–H groups in total. The number of nitrogens with zero attached hydrogens (tertiary/aromatic N) is 5. The van der Waals surface area contributed by atoms with Gasteiger partial charge in [0, 0.05) is 18.2 Å². The van der Waals surface area contributed by atoms with Crippen LogP contribution in [0.25, 0.3) is 0 Å². The van der Waals surface area contributed by atoms with Gasteiger partial charge in [-0.1, -0.05) is 84.4 Å². The molecule has 6 heterocycles. The number of rotatable bonds is 3. The molecule has 1 saturated heterocycles. The summed E-state index contributed by atoms with van der Waals surface area (Å²) >= 11 is 6.33. The molecule has 4 aliphatic heterocycles. The van der Waals surface area contributed by atoms with E-state index >= 15 is 0 Å². The first kappa shape index (κ1) is 25.1. The normalized spacial score (nSPS) is 22.2. The van der Waals surface area contributed by atoms with Crippen LogP contribution in [0.1, 0.15) is 18.4 Å². The van der Waals surface area contributed by atoms with Crippen LogP contribution in [0, 0.1) is 0 Å². The minimum absolute atomic E-state index is 0.724. The van der Waals surface area contributed by atoms with E-state index in [1.807, 2.05) is 12.1 Å². The maximum Gasteiger partial charge on any atom is 0.425 e. The van der Waals surface area contributed by atoms with E-state index in [4.69, 9.17) is 21.2 Å². The number of ether oxygens (including phenoxy) is 1. The highest BCUT2D eigenvalue weighted by Gasteiger charge is 2.63. The minimum Gasteiger partial charge on any atom is -0.473 e. The Morgan fingerprint density at radius 1 is 0.725 bits per heavy atom. The van der Waals surface area contributed by atoms with Crippen LogP contribution in [-0.4, -0.2) is 40.7 Å². The molecule has 9 heteroatoms. The zero-order chi connectivity index (χ0) is 27.3. The zero-order valence-electron chi connectivity index (χ0n) is 22.9. The van der Waals surface area contributed by atoms with Crippen molar-refractivity contribution in [3.8, 4) is 0 Å². The Balaban J connectivity index is 0.000000480. The Bertz CT molecular complexity index is 1710. The number of hydrogen-bond donors (Lipinski definition) is 0. The molecule has 0 aliphatic carbocycles. The summed E-state index contributed by atoms with van der Waals surface area (Å²) in [6.45, 7) is 2.00. The molecule has 6 nitrogen and oxygen atoms in total. The lowest BCUT2D eigenvalue weighted by molar-refractivity contribution is -0.580. The van der Waals surface area contributed by atoms with Crippen LogP contribution in [0.15, 0.2) is 115 Å². The molecule has 2 bridgehead atoms. The summed E-state index contributed by atoms with van der Waals surface area (Å²) in [6.07, 6.45) is 8.04. The number of halogens is 1. The smallest absolute Gasteiger partial charge is 0.425 e. The molecule has 3 aromatic carbocycles. The van der Waals surface area contributed by atoms with Gasteiger partial charge >= 0.3 is 12.7 Å². The molecule has 40 heavy (non-hydrogen) atoms. The number of aromatic nitrogens is 4.